The Labute approximate surface area is 203 Å². The zero-order valence-electron chi connectivity index (χ0n) is 19.8. The number of halogens is 1. The Hall–Kier alpha value is -3.13. The normalized spacial score (nSPS) is 14.4. The molecule has 9 heteroatoms. The molecule has 1 N–H and O–H groups in total. The predicted octanol–water partition coefficient (Wildman–Crippen LogP) is 4.80. The molecule has 0 unspecified atom stereocenters. The van der Waals surface area contributed by atoms with Gasteiger partial charge in [0.1, 0.15) is 11.6 Å². The number of ketones is 1. The van der Waals surface area contributed by atoms with E-state index in [-0.39, 0.29) is 23.7 Å². The highest BCUT2D eigenvalue weighted by molar-refractivity contribution is 6.32. The summed E-state index contributed by atoms with van der Waals surface area (Å²) in [7, 11) is 0. The maximum Gasteiger partial charge on any atom is 0.293 e. The highest BCUT2D eigenvalue weighted by atomic mass is 35.5. The van der Waals surface area contributed by atoms with Crippen LogP contribution >= 0.6 is 11.6 Å². The van der Waals surface area contributed by atoms with Crippen molar-refractivity contribution in [2.45, 2.75) is 46.6 Å². The predicted molar refractivity (Wildman–Crippen MR) is 136 cm³/mol. The molecule has 8 nitrogen and oxygen atoms in total. The van der Waals surface area contributed by atoms with Gasteiger partial charge < -0.3 is 19.5 Å². The summed E-state index contributed by atoms with van der Waals surface area (Å²) in [5.41, 5.74) is 1.30. The van der Waals surface area contributed by atoms with Gasteiger partial charge in [0.25, 0.3) is 5.56 Å². The lowest BCUT2D eigenvalue weighted by Gasteiger charge is -2.30. The van der Waals surface area contributed by atoms with Crippen LogP contribution in [0.2, 0.25) is 5.02 Å². The Morgan fingerprint density at radius 3 is 2.71 bits per heavy atom. The van der Waals surface area contributed by atoms with Crippen molar-refractivity contribution in [2.75, 3.05) is 29.9 Å². The van der Waals surface area contributed by atoms with Crippen LogP contribution in [0.5, 0.6) is 5.75 Å². The maximum absolute atomic E-state index is 12.8. The van der Waals surface area contributed by atoms with Crippen molar-refractivity contribution >= 4 is 45.7 Å². The molecule has 0 atom stereocenters. The van der Waals surface area contributed by atoms with Gasteiger partial charge in [0, 0.05) is 37.1 Å². The number of aryl methyl sites for hydroxylation is 1. The van der Waals surface area contributed by atoms with Crippen molar-refractivity contribution in [1.29, 1.82) is 0 Å². The largest absolute Gasteiger partial charge is 0.480 e. The van der Waals surface area contributed by atoms with Crippen molar-refractivity contribution in [1.82, 2.24) is 14.5 Å². The van der Waals surface area contributed by atoms with Crippen LogP contribution in [0.4, 0.5) is 17.5 Å². The smallest absolute Gasteiger partial charge is 0.293 e. The molecule has 1 fully saturated rings. The molecule has 2 aromatic heterocycles. The van der Waals surface area contributed by atoms with Crippen molar-refractivity contribution in [3.05, 3.63) is 45.8 Å². The monoisotopic (exact) mass is 483 g/mol. The minimum absolute atomic E-state index is 0.0599. The number of anilines is 3. The highest BCUT2D eigenvalue weighted by Crippen LogP contribution is 2.29. The van der Waals surface area contributed by atoms with Crippen LogP contribution < -0.4 is 20.5 Å². The lowest BCUT2D eigenvalue weighted by atomic mass is 10.00. The maximum atomic E-state index is 12.8. The van der Waals surface area contributed by atoms with E-state index in [0.29, 0.717) is 35.7 Å². The third-order valence-electron chi connectivity index (χ3n) is 6.22. The lowest BCUT2D eigenvalue weighted by Crippen LogP contribution is -2.34. The van der Waals surface area contributed by atoms with Crippen LogP contribution in [0.1, 0.15) is 40.0 Å². The SMILES string of the molecule is CCC(=O)COc1cc2cc(Nc3nc(N4CCC(C)CC4)ncc3Cl)ccc2n(CC)c1=O. The van der Waals surface area contributed by atoms with Gasteiger partial charge in [-0.1, -0.05) is 25.4 Å². The topological polar surface area (TPSA) is 89.3 Å². The number of piperidine rings is 1. The number of Topliss-reactive ketones (excluding diaryl/α,β-unsaturated/α-hetero) is 1. The van der Waals surface area contributed by atoms with Crippen molar-refractivity contribution in [3.8, 4) is 5.75 Å². The average molecular weight is 484 g/mol. The van der Waals surface area contributed by atoms with Crippen molar-refractivity contribution < 1.29 is 9.53 Å². The third-order valence-corrected chi connectivity index (χ3v) is 6.50. The molecular formula is C25H30ClN5O3. The number of aromatic nitrogens is 3. The third kappa shape index (κ3) is 5.17. The molecule has 0 radical (unpaired) electrons. The number of fused-ring (bicyclic) bond motifs is 1. The fourth-order valence-electron chi connectivity index (χ4n) is 4.06. The molecule has 0 spiro atoms. The lowest BCUT2D eigenvalue weighted by molar-refractivity contribution is -0.120. The minimum atomic E-state index is -0.251. The molecule has 0 aliphatic carbocycles. The van der Waals surface area contributed by atoms with Gasteiger partial charge in [0.2, 0.25) is 5.95 Å². The van der Waals surface area contributed by atoms with Gasteiger partial charge in [-0.05, 0) is 49.9 Å². The van der Waals surface area contributed by atoms with Crippen molar-refractivity contribution in [2.24, 2.45) is 5.92 Å². The van der Waals surface area contributed by atoms with Crippen LogP contribution in [0.3, 0.4) is 0 Å². The minimum Gasteiger partial charge on any atom is -0.480 e. The first kappa shape index (κ1) is 24.0. The number of hydrogen-bond acceptors (Lipinski definition) is 7. The van der Waals surface area contributed by atoms with E-state index in [9.17, 15) is 9.59 Å². The molecule has 1 aliphatic rings. The van der Waals surface area contributed by atoms with E-state index in [1.54, 1.807) is 23.8 Å². The second kappa shape index (κ2) is 10.4. The van der Waals surface area contributed by atoms with Gasteiger partial charge in [-0.25, -0.2) is 4.98 Å². The number of carbonyl (C=O) groups excluding carboxylic acids is 1. The Kier molecular flexibility index (Phi) is 7.36. The summed E-state index contributed by atoms with van der Waals surface area (Å²) in [5.74, 6) is 2.01. The number of ether oxygens (including phenoxy) is 1. The number of nitrogens with zero attached hydrogens (tertiary/aromatic N) is 4. The Bertz CT molecular complexity index is 1250. The van der Waals surface area contributed by atoms with E-state index in [1.165, 1.54) is 0 Å². The van der Waals surface area contributed by atoms with Crippen LogP contribution in [0, 0.1) is 5.92 Å². The van der Waals surface area contributed by atoms with E-state index < -0.39 is 0 Å². The molecule has 4 rings (SSSR count). The molecule has 1 saturated heterocycles. The summed E-state index contributed by atoms with van der Waals surface area (Å²) in [6, 6.07) is 7.36. The first-order chi connectivity index (χ1) is 16.4. The zero-order chi connectivity index (χ0) is 24.2. The zero-order valence-corrected chi connectivity index (χ0v) is 20.6. The number of rotatable bonds is 8. The highest BCUT2D eigenvalue weighted by Gasteiger charge is 2.19. The molecule has 1 aromatic carbocycles. The summed E-state index contributed by atoms with van der Waals surface area (Å²) in [4.78, 5) is 35.8. The average Bonchev–Trinajstić information content (AvgIpc) is 2.84. The first-order valence-electron chi connectivity index (χ1n) is 11.8. The van der Waals surface area contributed by atoms with Crippen molar-refractivity contribution in [3.63, 3.8) is 0 Å². The molecule has 0 amide bonds. The molecular weight excluding hydrogens is 454 g/mol. The van der Waals surface area contributed by atoms with E-state index >= 15 is 0 Å². The van der Waals surface area contributed by atoms with Crippen LogP contribution in [0.25, 0.3) is 10.9 Å². The fourth-order valence-corrected chi connectivity index (χ4v) is 4.20. The van der Waals surface area contributed by atoms with E-state index in [1.807, 2.05) is 25.1 Å². The standard InChI is InChI=1S/C25H30ClN5O3/c1-4-19(32)15-34-22-13-17-12-18(6-7-21(17)31(5-2)24(22)33)28-23-20(26)14-27-25(29-23)30-10-8-16(3)9-11-30/h6-7,12-14,16H,4-5,8-11,15H2,1-3H3,(H,27,28,29). The Morgan fingerprint density at radius 2 is 2.00 bits per heavy atom. The summed E-state index contributed by atoms with van der Waals surface area (Å²) < 4.78 is 7.19. The first-order valence-corrected chi connectivity index (χ1v) is 12.1. The number of nitrogens with one attached hydrogen (secondary N) is 1. The number of hydrogen-bond donors (Lipinski definition) is 1. The summed E-state index contributed by atoms with van der Waals surface area (Å²) in [5, 5.41) is 4.52. The molecule has 1 aliphatic heterocycles. The second-order valence-electron chi connectivity index (χ2n) is 8.67. The summed E-state index contributed by atoms with van der Waals surface area (Å²) in [6.45, 7) is 8.15. The van der Waals surface area contributed by atoms with Gasteiger partial charge >= 0.3 is 0 Å². The van der Waals surface area contributed by atoms with Gasteiger partial charge in [-0.15, -0.1) is 0 Å². The molecule has 3 heterocycles. The second-order valence-corrected chi connectivity index (χ2v) is 9.08. The van der Waals surface area contributed by atoms with Crippen LogP contribution in [-0.2, 0) is 11.3 Å². The Morgan fingerprint density at radius 1 is 1.24 bits per heavy atom. The number of benzene rings is 1. The van der Waals surface area contributed by atoms with E-state index in [4.69, 9.17) is 16.3 Å². The van der Waals surface area contributed by atoms with Gasteiger partial charge in [0.15, 0.2) is 17.4 Å². The quantitative estimate of drug-likeness (QED) is 0.492. The number of pyridine rings is 1. The van der Waals surface area contributed by atoms with E-state index in [0.717, 1.165) is 42.5 Å². The molecule has 3 aromatic rings. The van der Waals surface area contributed by atoms with E-state index in [2.05, 4.69) is 27.1 Å². The van der Waals surface area contributed by atoms with Crippen LogP contribution in [0.15, 0.2) is 35.3 Å². The van der Waals surface area contributed by atoms with Gasteiger partial charge in [0.05, 0.1) is 11.7 Å². The molecule has 34 heavy (non-hydrogen) atoms. The van der Waals surface area contributed by atoms with Crippen LogP contribution in [-0.4, -0.2) is 40.0 Å². The molecule has 0 saturated carbocycles. The van der Waals surface area contributed by atoms with Gasteiger partial charge in [-0.2, -0.15) is 4.98 Å². The fraction of sp³-hybridized carbons (Fsp3) is 0.440. The Balaban J connectivity index is 1.63. The molecule has 180 valence electrons. The molecule has 0 bridgehead atoms. The number of carbonyl (C=O) groups is 1. The summed E-state index contributed by atoms with van der Waals surface area (Å²) in [6.07, 6.45) is 4.22. The summed E-state index contributed by atoms with van der Waals surface area (Å²) >= 11 is 6.40. The van der Waals surface area contributed by atoms with Gasteiger partial charge in [-0.3, -0.25) is 9.59 Å².